The average molecular weight is 518 g/mol. The highest BCUT2D eigenvalue weighted by Crippen LogP contribution is 2.37. The molecule has 0 atom stereocenters. The molecule has 186 valence electrons. The summed E-state index contributed by atoms with van der Waals surface area (Å²) in [6.45, 7) is 7.26. The zero-order valence-corrected chi connectivity index (χ0v) is 20.3. The second-order valence-corrected chi connectivity index (χ2v) is 8.52. The first-order chi connectivity index (χ1) is 17.1. The van der Waals surface area contributed by atoms with Gasteiger partial charge in [0.2, 0.25) is 11.6 Å². The first-order valence-electron chi connectivity index (χ1n) is 11.1. The van der Waals surface area contributed by atoms with Crippen LogP contribution in [0, 0.1) is 23.3 Å². The van der Waals surface area contributed by atoms with Crippen LogP contribution in [-0.2, 0) is 4.74 Å². The monoisotopic (exact) mass is 517 g/mol. The number of ether oxygens (including phenoxy) is 1. The van der Waals surface area contributed by atoms with E-state index in [9.17, 15) is 27.2 Å². The fourth-order valence-electron chi connectivity index (χ4n) is 4.17. The molecule has 1 heterocycles. The Morgan fingerprint density at radius 1 is 0.889 bits per heavy atom. The van der Waals surface area contributed by atoms with E-state index in [1.54, 1.807) is 19.1 Å². The van der Waals surface area contributed by atoms with Crippen molar-refractivity contribution in [2.24, 2.45) is 0 Å². The molecule has 1 aliphatic heterocycles. The molecule has 2 aromatic rings. The van der Waals surface area contributed by atoms with Gasteiger partial charge in [0.1, 0.15) is 11.5 Å². The molecule has 0 saturated heterocycles. The summed E-state index contributed by atoms with van der Waals surface area (Å²) < 4.78 is 61.6. The second-order valence-electron chi connectivity index (χ2n) is 8.11. The van der Waals surface area contributed by atoms with Gasteiger partial charge in [0.25, 0.3) is 0 Å². The molecule has 2 aliphatic rings. The Morgan fingerprint density at radius 3 is 2.00 bits per heavy atom. The molecule has 0 radical (unpaired) electrons. The number of Topliss-reactive ketones (excluding diaryl/α,β-unsaturated/α-hetero) is 2. The average Bonchev–Trinajstić information content (AvgIpc) is 3.11. The van der Waals surface area contributed by atoms with E-state index in [0.29, 0.717) is 10.6 Å². The van der Waals surface area contributed by atoms with Gasteiger partial charge in [-0.3, -0.25) is 9.59 Å². The summed E-state index contributed by atoms with van der Waals surface area (Å²) in [5.41, 5.74) is -1.22. The Morgan fingerprint density at radius 2 is 1.47 bits per heavy atom. The van der Waals surface area contributed by atoms with Crippen molar-refractivity contribution in [3.8, 4) is 0 Å². The first kappa shape index (κ1) is 25.4. The minimum atomic E-state index is -2.15. The number of carbonyl (C=O) groups is 2. The summed E-state index contributed by atoms with van der Waals surface area (Å²) in [4.78, 5) is 27.7. The Bertz CT molecular complexity index is 1390. The number of halogens is 5. The summed E-state index contributed by atoms with van der Waals surface area (Å²) >= 11 is 6.43. The molecule has 4 nitrogen and oxygen atoms in total. The number of rotatable bonds is 5. The lowest BCUT2D eigenvalue weighted by Crippen LogP contribution is -2.21. The third kappa shape index (κ3) is 4.26. The van der Waals surface area contributed by atoms with Crippen LogP contribution < -0.4 is 4.90 Å². The van der Waals surface area contributed by atoms with Gasteiger partial charge in [0, 0.05) is 23.8 Å². The molecule has 2 aromatic carbocycles. The van der Waals surface area contributed by atoms with Crippen molar-refractivity contribution in [2.75, 3.05) is 18.0 Å². The minimum Gasteiger partial charge on any atom is -0.462 e. The topological polar surface area (TPSA) is 46.6 Å². The van der Waals surface area contributed by atoms with Gasteiger partial charge in [-0.15, -0.1) is 0 Å². The van der Waals surface area contributed by atoms with Crippen LogP contribution in [0.15, 0.2) is 59.1 Å². The third-order valence-electron chi connectivity index (χ3n) is 5.94. The van der Waals surface area contributed by atoms with Gasteiger partial charge in [0.15, 0.2) is 23.3 Å². The van der Waals surface area contributed by atoms with Crippen molar-refractivity contribution < 1.29 is 31.9 Å². The number of hydrogen-bond acceptors (Lipinski definition) is 4. The Balaban J connectivity index is 1.72. The van der Waals surface area contributed by atoms with E-state index in [-0.39, 0.29) is 17.1 Å². The van der Waals surface area contributed by atoms with Crippen LogP contribution in [0.3, 0.4) is 0 Å². The number of benzene rings is 2. The van der Waals surface area contributed by atoms with Crippen molar-refractivity contribution >= 4 is 34.9 Å². The number of allylic oxidation sites excluding steroid dienone is 6. The minimum absolute atomic E-state index is 0.00723. The third-order valence-corrected chi connectivity index (χ3v) is 6.27. The highest BCUT2D eigenvalue weighted by Gasteiger charge is 2.43. The molecule has 0 amide bonds. The fourth-order valence-corrected chi connectivity index (χ4v) is 4.40. The number of nitrogens with zero attached hydrogens (tertiary/aromatic N) is 1. The number of ketones is 2. The highest BCUT2D eigenvalue weighted by atomic mass is 35.5. The van der Waals surface area contributed by atoms with Crippen LogP contribution in [0.1, 0.15) is 47.1 Å². The predicted octanol–water partition coefficient (Wildman–Crippen LogP) is 6.95. The zero-order valence-electron chi connectivity index (χ0n) is 19.5. The van der Waals surface area contributed by atoms with Gasteiger partial charge in [0.05, 0.1) is 16.7 Å². The maximum Gasteiger partial charge on any atom is 0.201 e. The summed E-state index contributed by atoms with van der Waals surface area (Å²) in [6.07, 6.45) is 5.86. The molecule has 4 rings (SSSR count). The Kier molecular flexibility index (Phi) is 6.91. The maximum atomic E-state index is 14.3. The molecular weight excluding hydrogens is 498 g/mol. The van der Waals surface area contributed by atoms with E-state index >= 15 is 0 Å². The molecule has 0 bridgehead atoms. The molecule has 0 aromatic heterocycles. The van der Waals surface area contributed by atoms with Crippen molar-refractivity contribution in [3.05, 3.63) is 104 Å². The normalized spacial score (nSPS) is 15.3. The van der Waals surface area contributed by atoms with E-state index in [1.165, 1.54) is 12.2 Å². The lowest BCUT2D eigenvalue weighted by molar-refractivity contribution is 0.0985. The molecule has 0 spiro atoms. The van der Waals surface area contributed by atoms with Crippen molar-refractivity contribution in [3.63, 3.8) is 0 Å². The van der Waals surface area contributed by atoms with E-state index in [4.69, 9.17) is 16.3 Å². The Hall–Kier alpha value is -3.65. The van der Waals surface area contributed by atoms with Crippen LogP contribution in [0.5, 0.6) is 0 Å². The zero-order chi connectivity index (χ0) is 26.3. The van der Waals surface area contributed by atoms with E-state index in [2.05, 4.69) is 4.90 Å². The molecule has 1 aliphatic carbocycles. The van der Waals surface area contributed by atoms with Gasteiger partial charge >= 0.3 is 0 Å². The SMILES string of the molecule is CCN(CC)c1ccc(C=CC2=CC(=C3C(=O)c4c(F)c(F)c(F)c(F)c4C3=O)C=C(C)O2)c(Cl)c1. The quantitative estimate of drug-likeness (QED) is 0.142. The van der Waals surface area contributed by atoms with Crippen molar-refractivity contribution in [1.29, 1.82) is 0 Å². The molecule has 0 unspecified atom stereocenters. The van der Waals surface area contributed by atoms with Crippen LogP contribution in [-0.4, -0.2) is 24.7 Å². The van der Waals surface area contributed by atoms with E-state index in [0.717, 1.165) is 18.8 Å². The van der Waals surface area contributed by atoms with Gasteiger partial charge in [-0.2, -0.15) is 0 Å². The summed E-state index contributed by atoms with van der Waals surface area (Å²) in [6, 6.07) is 5.58. The number of anilines is 1. The number of carbonyl (C=O) groups excluding carboxylic acids is 2. The summed E-state index contributed by atoms with van der Waals surface area (Å²) in [5.74, 6) is -10.1. The number of hydrogen-bond donors (Lipinski definition) is 0. The number of fused-ring (bicyclic) bond motifs is 1. The lowest BCUT2D eigenvalue weighted by Gasteiger charge is -2.21. The molecule has 0 N–H and O–H groups in total. The van der Waals surface area contributed by atoms with Gasteiger partial charge in [-0.25, -0.2) is 17.6 Å². The molecule has 0 saturated carbocycles. The summed E-state index contributed by atoms with van der Waals surface area (Å²) in [5, 5.41) is 0.490. The van der Waals surface area contributed by atoms with Gasteiger partial charge < -0.3 is 9.64 Å². The van der Waals surface area contributed by atoms with Crippen molar-refractivity contribution in [2.45, 2.75) is 20.8 Å². The first-order valence-corrected chi connectivity index (χ1v) is 11.5. The second kappa shape index (κ2) is 9.78. The standard InChI is InChI=1S/C27H20ClF4NO3/c1-4-33(5-2)16-8-6-14(18(28)12-16)7-9-17-11-15(10-13(3)36-17)19-26(34)20-21(27(19)35)23(30)25(32)24(31)22(20)29/h6-12H,4-5H2,1-3H3. The van der Waals surface area contributed by atoms with Crippen molar-refractivity contribution in [1.82, 2.24) is 0 Å². The van der Waals surface area contributed by atoms with Crippen LogP contribution >= 0.6 is 11.6 Å². The van der Waals surface area contributed by atoms with Crippen LogP contribution in [0.4, 0.5) is 23.2 Å². The smallest absolute Gasteiger partial charge is 0.201 e. The van der Waals surface area contributed by atoms with Crippen LogP contribution in [0.2, 0.25) is 5.02 Å². The summed E-state index contributed by atoms with van der Waals surface area (Å²) in [7, 11) is 0. The predicted molar refractivity (Wildman–Crippen MR) is 129 cm³/mol. The Labute approximate surface area is 209 Å². The molecule has 9 heteroatoms. The molecule has 36 heavy (non-hydrogen) atoms. The van der Waals surface area contributed by atoms with Gasteiger partial charge in [-0.05, 0) is 68.3 Å². The maximum absolute atomic E-state index is 14.3. The van der Waals surface area contributed by atoms with Crippen LogP contribution in [0.25, 0.3) is 6.08 Å². The molecular formula is C27H20ClF4NO3. The largest absolute Gasteiger partial charge is 0.462 e. The van der Waals surface area contributed by atoms with E-state index < -0.39 is 51.5 Å². The highest BCUT2D eigenvalue weighted by molar-refractivity contribution is 6.40. The lowest BCUT2D eigenvalue weighted by atomic mass is 10.0. The fraction of sp³-hybridized carbons (Fsp3) is 0.185. The van der Waals surface area contributed by atoms with Gasteiger partial charge in [-0.1, -0.05) is 17.7 Å². The van der Waals surface area contributed by atoms with E-state index in [1.807, 2.05) is 32.0 Å². The molecule has 0 fully saturated rings.